The van der Waals surface area contributed by atoms with Gasteiger partial charge in [-0.1, -0.05) is 43.6 Å². The number of carbonyl (C=O) groups is 3. The van der Waals surface area contributed by atoms with E-state index in [1.807, 2.05) is 45.9 Å². The second kappa shape index (κ2) is 11.8. The third kappa shape index (κ3) is 6.33. The van der Waals surface area contributed by atoms with E-state index < -0.39 is 24.4 Å². The summed E-state index contributed by atoms with van der Waals surface area (Å²) in [6, 6.07) is 10.0. The monoisotopic (exact) mass is 499 g/mol. The van der Waals surface area contributed by atoms with Crippen LogP contribution in [0.3, 0.4) is 0 Å². The Morgan fingerprint density at radius 2 is 1.94 bits per heavy atom. The molecule has 1 aliphatic rings. The first-order valence-electron chi connectivity index (χ1n) is 11.6. The van der Waals surface area contributed by atoms with Gasteiger partial charge >= 0.3 is 6.03 Å². The molecule has 8 nitrogen and oxygen atoms in total. The lowest BCUT2D eigenvalue weighted by atomic mass is 10.1. The van der Waals surface area contributed by atoms with E-state index in [1.165, 1.54) is 6.08 Å². The molecule has 2 N–H and O–H groups in total. The summed E-state index contributed by atoms with van der Waals surface area (Å²) in [5.41, 5.74) is 2.19. The first kappa shape index (κ1) is 26.1. The van der Waals surface area contributed by atoms with Crippen LogP contribution in [0, 0.1) is 0 Å². The summed E-state index contributed by atoms with van der Waals surface area (Å²) < 4.78 is 11.6. The van der Waals surface area contributed by atoms with Crippen LogP contribution in [0.5, 0.6) is 11.5 Å². The van der Waals surface area contributed by atoms with Crippen molar-refractivity contribution in [2.75, 3.05) is 18.5 Å². The fourth-order valence-electron chi connectivity index (χ4n) is 3.50. The van der Waals surface area contributed by atoms with Crippen LogP contribution in [0.4, 0.5) is 10.5 Å². The zero-order valence-corrected chi connectivity index (χ0v) is 21.1. The molecule has 2 aromatic carbocycles. The number of benzene rings is 2. The van der Waals surface area contributed by atoms with Crippen LogP contribution < -0.4 is 20.1 Å². The molecule has 3 rings (SSSR count). The van der Waals surface area contributed by atoms with Gasteiger partial charge in [0.2, 0.25) is 5.91 Å². The van der Waals surface area contributed by atoms with Crippen LogP contribution in [-0.2, 0) is 16.0 Å². The number of nitrogens with one attached hydrogen (secondary N) is 2. The second-order valence-electron chi connectivity index (χ2n) is 8.04. The van der Waals surface area contributed by atoms with Crippen molar-refractivity contribution >= 4 is 41.2 Å². The van der Waals surface area contributed by atoms with Crippen LogP contribution in [0.25, 0.3) is 6.08 Å². The minimum absolute atomic E-state index is 0.0332. The summed E-state index contributed by atoms with van der Waals surface area (Å²) in [5, 5.41) is 5.62. The number of hydrogen-bond donors (Lipinski definition) is 2. The number of ether oxygens (including phenoxy) is 2. The molecule has 1 atom stereocenters. The number of halogens is 1. The maximum absolute atomic E-state index is 12.9. The van der Waals surface area contributed by atoms with Gasteiger partial charge in [-0.3, -0.25) is 9.59 Å². The van der Waals surface area contributed by atoms with E-state index >= 15 is 0 Å². The zero-order valence-electron chi connectivity index (χ0n) is 20.3. The maximum Gasteiger partial charge on any atom is 0.329 e. The molecular weight excluding hydrogens is 470 g/mol. The van der Waals surface area contributed by atoms with Crippen molar-refractivity contribution in [2.45, 2.75) is 46.6 Å². The maximum atomic E-state index is 12.9. The Kier molecular flexibility index (Phi) is 8.76. The number of imide groups is 1. The van der Waals surface area contributed by atoms with Crippen LogP contribution >= 0.6 is 11.6 Å². The number of aryl methyl sites for hydroxylation is 1. The van der Waals surface area contributed by atoms with E-state index in [2.05, 4.69) is 10.6 Å². The highest BCUT2D eigenvalue weighted by Crippen LogP contribution is 2.38. The van der Waals surface area contributed by atoms with E-state index in [0.29, 0.717) is 34.4 Å². The standard InChI is InChI=1S/C26H30ClN3O5/c1-5-16(4)35-24-19(27)12-17(14-22(24)34-7-3)13-21-25(32)30(26(33)29-21)15-23(31)28-20-11-9-8-10-18(20)6-2/h8-14,16H,5-7,15H2,1-4H3,(H,28,31)(H,29,33)/b21-13+/t16-/m1/s1. The second-order valence-corrected chi connectivity index (χ2v) is 8.45. The predicted molar refractivity (Wildman–Crippen MR) is 136 cm³/mol. The smallest absolute Gasteiger partial charge is 0.329 e. The number of anilines is 1. The molecule has 0 aromatic heterocycles. The van der Waals surface area contributed by atoms with E-state index in [1.54, 1.807) is 18.2 Å². The summed E-state index contributed by atoms with van der Waals surface area (Å²) in [7, 11) is 0. The van der Waals surface area contributed by atoms with Crippen molar-refractivity contribution in [3.8, 4) is 11.5 Å². The molecule has 186 valence electrons. The van der Waals surface area contributed by atoms with E-state index in [0.717, 1.165) is 23.3 Å². The molecule has 0 aliphatic carbocycles. The van der Waals surface area contributed by atoms with E-state index in [9.17, 15) is 14.4 Å². The summed E-state index contributed by atoms with van der Waals surface area (Å²) in [5.74, 6) is -0.209. The molecule has 2 aromatic rings. The predicted octanol–water partition coefficient (Wildman–Crippen LogP) is 5.01. The van der Waals surface area contributed by atoms with Gasteiger partial charge in [0, 0.05) is 5.69 Å². The number of para-hydroxylation sites is 1. The quantitative estimate of drug-likeness (QED) is 0.354. The van der Waals surface area contributed by atoms with Gasteiger partial charge in [-0.05, 0) is 62.1 Å². The van der Waals surface area contributed by atoms with Gasteiger partial charge in [-0.15, -0.1) is 0 Å². The Morgan fingerprint density at radius 3 is 2.63 bits per heavy atom. The first-order valence-corrected chi connectivity index (χ1v) is 12.0. The van der Waals surface area contributed by atoms with Gasteiger partial charge in [0.25, 0.3) is 5.91 Å². The van der Waals surface area contributed by atoms with Crippen molar-refractivity contribution in [3.63, 3.8) is 0 Å². The van der Waals surface area contributed by atoms with Gasteiger partial charge in [-0.2, -0.15) is 0 Å². The third-order valence-electron chi connectivity index (χ3n) is 5.47. The molecule has 1 heterocycles. The number of nitrogens with zero attached hydrogens (tertiary/aromatic N) is 1. The molecule has 0 bridgehead atoms. The van der Waals surface area contributed by atoms with Gasteiger partial charge in [0.05, 0.1) is 17.7 Å². The fourth-order valence-corrected chi connectivity index (χ4v) is 3.76. The molecule has 0 spiro atoms. The van der Waals surface area contributed by atoms with Crippen molar-refractivity contribution in [1.29, 1.82) is 0 Å². The fraction of sp³-hybridized carbons (Fsp3) is 0.346. The van der Waals surface area contributed by atoms with Gasteiger partial charge in [-0.25, -0.2) is 9.69 Å². The normalized spacial score (nSPS) is 15.2. The molecule has 0 radical (unpaired) electrons. The van der Waals surface area contributed by atoms with Gasteiger partial charge < -0.3 is 20.1 Å². The summed E-state index contributed by atoms with van der Waals surface area (Å²) >= 11 is 6.45. The third-order valence-corrected chi connectivity index (χ3v) is 5.75. The van der Waals surface area contributed by atoms with Crippen LogP contribution in [0.15, 0.2) is 42.1 Å². The van der Waals surface area contributed by atoms with Crippen LogP contribution in [-0.4, -0.2) is 42.0 Å². The number of urea groups is 1. The number of carbonyl (C=O) groups excluding carboxylic acids is 3. The molecule has 0 unspecified atom stereocenters. The highest BCUT2D eigenvalue weighted by atomic mass is 35.5. The first-order chi connectivity index (χ1) is 16.8. The van der Waals surface area contributed by atoms with Crippen molar-refractivity contribution < 1.29 is 23.9 Å². The Morgan fingerprint density at radius 1 is 1.20 bits per heavy atom. The molecule has 1 fully saturated rings. The molecule has 1 aliphatic heterocycles. The van der Waals surface area contributed by atoms with Crippen molar-refractivity contribution in [1.82, 2.24) is 10.2 Å². The molecule has 4 amide bonds. The largest absolute Gasteiger partial charge is 0.490 e. The topological polar surface area (TPSA) is 97.0 Å². The lowest BCUT2D eigenvalue weighted by molar-refractivity contribution is -0.127. The van der Waals surface area contributed by atoms with Crippen molar-refractivity contribution in [3.05, 3.63) is 58.2 Å². The summed E-state index contributed by atoms with van der Waals surface area (Å²) in [6.07, 6.45) is 2.96. The molecule has 35 heavy (non-hydrogen) atoms. The average molecular weight is 500 g/mol. The zero-order chi connectivity index (χ0) is 25.5. The van der Waals surface area contributed by atoms with Crippen LogP contribution in [0.2, 0.25) is 5.02 Å². The average Bonchev–Trinajstić information content (AvgIpc) is 3.08. The lowest BCUT2D eigenvalue weighted by Gasteiger charge is -2.18. The highest BCUT2D eigenvalue weighted by molar-refractivity contribution is 6.32. The number of amides is 4. The molecule has 1 saturated heterocycles. The Labute approximate surface area is 210 Å². The van der Waals surface area contributed by atoms with Crippen molar-refractivity contribution in [2.24, 2.45) is 0 Å². The van der Waals surface area contributed by atoms with Gasteiger partial charge in [0.15, 0.2) is 11.5 Å². The highest BCUT2D eigenvalue weighted by Gasteiger charge is 2.35. The Bertz CT molecular complexity index is 1150. The summed E-state index contributed by atoms with van der Waals surface area (Å²) in [6.45, 7) is 7.74. The summed E-state index contributed by atoms with van der Waals surface area (Å²) in [4.78, 5) is 38.7. The van der Waals surface area contributed by atoms with Gasteiger partial charge in [0.1, 0.15) is 12.2 Å². The lowest BCUT2D eigenvalue weighted by Crippen LogP contribution is -2.38. The number of hydrogen-bond acceptors (Lipinski definition) is 5. The Hall–Kier alpha value is -3.52. The Balaban J connectivity index is 1.78. The molecule has 0 saturated carbocycles. The van der Waals surface area contributed by atoms with Crippen LogP contribution in [0.1, 0.15) is 45.2 Å². The SMILES string of the molecule is CCOc1cc(/C=C2/NC(=O)N(CC(=O)Nc3ccccc3CC)C2=O)cc(Cl)c1O[C@H](C)CC. The molecular formula is C26H30ClN3O5. The minimum atomic E-state index is -0.673. The molecule has 9 heteroatoms. The van der Waals surface area contributed by atoms with E-state index in [-0.39, 0.29) is 11.8 Å². The minimum Gasteiger partial charge on any atom is -0.490 e. The number of rotatable bonds is 10. The van der Waals surface area contributed by atoms with E-state index in [4.69, 9.17) is 21.1 Å².